The van der Waals surface area contributed by atoms with Gasteiger partial charge < -0.3 is 0 Å². The number of nitrogens with zero attached hydrogens (tertiary/aromatic N) is 2. The Morgan fingerprint density at radius 2 is 1.83 bits per heavy atom. The van der Waals surface area contributed by atoms with E-state index in [0.29, 0.717) is 0 Å². The molecular formula is C19H17FN2OS. The van der Waals surface area contributed by atoms with Crippen molar-refractivity contribution < 1.29 is 9.18 Å². The predicted molar refractivity (Wildman–Crippen MR) is 95.0 cm³/mol. The van der Waals surface area contributed by atoms with Crippen molar-refractivity contribution in [1.82, 2.24) is 9.97 Å². The van der Waals surface area contributed by atoms with Gasteiger partial charge in [-0.2, -0.15) is 0 Å². The number of fused-ring (bicyclic) bond motifs is 1. The van der Waals surface area contributed by atoms with Crippen molar-refractivity contribution in [2.45, 2.75) is 24.8 Å². The highest BCUT2D eigenvalue weighted by molar-refractivity contribution is 8.00. The summed E-state index contributed by atoms with van der Waals surface area (Å²) in [6, 6.07) is 13.8. The molecule has 0 aliphatic rings. The number of hydrogen-bond acceptors (Lipinski definition) is 4. The summed E-state index contributed by atoms with van der Waals surface area (Å²) in [5.74, 6) is 0.199. The number of halogens is 1. The van der Waals surface area contributed by atoms with E-state index in [1.807, 2.05) is 24.3 Å². The van der Waals surface area contributed by atoms with Crippen LogP contribution in [0.1, 0.15) is 29.5 Å². The molecule has 5 heteroatoms. The van der Waals surface area contributed by atoms with Crippen LogP contribution in [0, 0.1) is 5.82 Å². The number of hydrogen-bond donors (Lipinski definition) is 0. The van der Waals surface area contributed by atoms with Crippen molar-refractivity contribution in [3.8, 4) is 0 Å². The second-order valence-electron chi connectivity index (χ2n) is 5.40. The lowest BCUT2D eigenvalue weighted by atomic mass is 10.1. The number of thioether (sulfide) groups is 1. The topological polar surface area (TPSA) is 42.9 Å². The second-order valence-corrected chi connectivity index (χ2v) is 6.37. The Hall–Kier alpha value is -2.27. The van der Waals surface area contributed by atoms with Crippen molar-refractivity contribution in [3.05, 3.63) is 65.7 Å². The Kier molecular flexibility index (Phi) is 5.20. The molecule has 0 bridgehead atoms. The first kappa shape index (κ1) is 16.6. The maximum Gasteiger partial charge on any atom is 0.176 e. The minimum Gasteiger partial charge on any atom is -0.293 e. The van der Waals surface area contributed by atoms with Crippen molar-refractivity contribution >= 4 is 28.4 Å². The number of para-hydroxylation sites is 1. The monoisotopic (exact) mass is 340 g/mol. The van der Waals surface area contributed by atoms with Crippen molar-refractivity contribution in [2.24, 2.45) is 0 Å². The van der Waals surface area contributed by atoms with Crippen LogP contribution in [-0.2, 0) is 6.42 Å². The maximum atomic E-state index is 13.7. The Morgan fingerprint density at radius 3 is 2.62 bits per heavy atom. The molecule has 0 atom stereocenters. The summed E-state index contributed by atoms with van der Waals surface area (Å²) in [5, 5.41) is 1.69. The number of carbonyl (C=O) groups is 1. The lowest BCUT2D eigenvalue weighted by molar-refractivity contribution is 0.101. The normalized spacial score (nSPS) is 10.9. The van der Waals surface area contributed by atoms with E-state index in [1.165, 1.54) is 23.9 Å². The molecule has 0 spiro atoms. The summed E-state index contributed by atoms with van der Waals surface area (Å²) in [6.45, 7) is 2.08. The molecule has 0 amide bonds. The molecule has 122 valence electrons. The van der Waals surface area contributed by atoms with Gasteiger partial charge in [0, 0.05) is 11.8 Å². The summed E-state index contributed by atoms with van der Waals surface area (Å²) in [7, 11) is 0. The molecule has 0 saturated carbocycles. The first-order valence-corrected chi connectivity index (χ1v) is 8.83. The van der Waals surface area contributed by atoms with Gasteiger partial charge >= 0.3 is 0 Å². The zero-order valence-corrected chi connectivity index (χ0v) is 14.1. The molecule has 0 radical (unpaired) electrons. The first-order chi connectivity index (χ1) is 11.7. The second kappa shape index (κ2) is 7.53. The highest BCUT2D eigenvalue weighted by Crippen LogP contribution is 2.26. The van der Waals surface area contributed by atoms with E-state index in [1.54, 1.807) is 12.1 Å². The third-order valence-electron chi connectivity index (χ3n) is 3.60. The molecule has 3 nitrogen and oxygen atoms in total. The molecule has 0 fully saturated rings. The number of rotatable bonds is 6. The SMILES string of the molecule is CCCc1nc(SCC(=O)c2ccccc2F)c2ccccc2n1. The van der Waals surface area contributed by atoms with Gasteiger partial charge in [-0.15, -0.1) is 0 Å². The van der Waals surface area contributed by atoms with Gasteiger partial charge in [0.2, 0.25) is 0 Å². The van der Waals surface area contributed by atoms with E-state index in [2.05, 4.69) is 16.9 Å². The van der Waals surface area contributed by atoms with Crippen LogP contribution in [-0.4, -0.2) is 21.5 Å². The van der Waals surface area contributed by atoms with Gasteiger partial charge in [0.1, 0.15) is 16.7 Å². The molecule has 0 N–H and O–H groups in total. The number of aromatic nitrogens is 2. The largest absolute Gasteiger partial charge is 0.293 e. The van der Waals surface area contributed by atoms with Gasteiger partial charge in [-0.1, -0.05) is 49.0 Å². The summed E-state index contributed by atoms with van der Waals surface area (Å²) in [6.07, 6.45) is 1.75. The number of ketones is 1. The zero-order valence-electron chi connectivity index (χ0n) is 13.3. The highest BCUT2D eigenvalue weighted by atomic mass is 32.2. The van der Waals surface area contributed by atoms with E-state index in [0.717, 1.165) is 34.6 Å². The fourth-order valence-corrected chi connectivity index (χ4v) is 3.36. The Bertz CT molecular complexity index is 882. The summed E-state index contributed by atoms with van der Waals surface area (Å²) >= 11 is 1.33. The molecular weight excluding hydrogens is 323 g/mol. The average Bonchev–Trinajstić information content (AvgIpc) is 2.60. The van der Waals surface area contributed by atoms with Crippen LogP contribution in [0.2, 0.25) is 0 Å². The van der Waals surface area contributed by atoms with Gasteiger partial charge in [0.05, 0.1) is 16.8 Å². The molecule has 3 aromatic rings. The van der Waals surface area contributed by atoms with Crippen LogP contribution < -0.4 is 0 Å². The molecule has 0 aliphatic carbocycles. The third-order valence-corrected chi connectivity index (χ3v) is 4.59. The lowest BCUT2D eigenvalue weighted by Crippen LogP contribution is -2.06. The number of carbonyl (C=O) groups excluding carboxylic acids is 1. The Morgan fingerprint density at radius 1 is 1.08 bits per heavy atom. The van der Waals surface area contributed by atoms with Gasteiger partial charge in [-0.05, 0) is 24.6 Å². The van der Waals surface area contributed by atoms with Crippen LogP contribution in [0.4, 0.5) is 4.39 Å². The van der Waals surface area contributed by atoms with Crippen molar-refractivity contribution in [2.75, 3.05) is 5.75 Å². The fourth-order valence-electron chi connectivity index (χ4n) is 2.44. The van der Waals surface area contributed by atoms with Crippen LogP contribution in [0.3, 0.4) is 0 Å². The van der Waals surface area contributed by atoms with Crippen molar-refractivity contribution in [3.63, 3.8) is 0 Å². The van der Waals surface area contributed by atoms with Gasteiger partial charge in [0.15, 0.2) is 5.78 Å². The van der Waals surface area contributed by atoms with Crippen LogP contribution >= 0.6 is 11.8 Å². The standard InChI is InChI=1S/C19H17FN2OS/c1-2-7-18-21-16-11-6-4-9-14(16)19(22-18)24-12-17(23)13-8-3-5-10-15(13)20/h3-6,8-11H,2,7,12H2,1H3. The number of benzene rings is 2. The minimum atomic E-state index is -0.484. The summed E-state index contributed by atoms with van der Waals surface area (Å²) in [4.78, 5) is 21.4. The van der Waals surface area contributed by atoms with Crippen molar-refractivity contribution in [1.29, 1.82) is 0 Å². The summed E-state index contributed by atoms with van der Waals surface area (Å²) < 4.78 is 13.7. The maximum absolute atomic E-state index is 13.7. The molecule has 0 aliphatic heterocycles. The minimum absolute atomic E-state index is 0.122. The van der Waals surface area contributed by atoms with Crippen LogP contribution in [0.5, 0.6) is 0 Å². The number of aryl methyl sites for hydroxylation is 1. The van der Waals surface area contributed by atoms with Gasteiger partial charge in [-0.3, -0.25) is 4.79 Å². The lowest BCUT2D eigenvalue weighted by Gasteiger charge is -2.08. The molecule has 1 aromatic heterocycles. The highest BCUT2D eigenvalue weighted by Gasteiger charge is 2.14. The van der Waals surface area contributed by atoms with E-state index in [-0.39, 0.29) is 17.1 Å². The predicted octanol–water partition coefficient (Wildman–Crippen LogP) is 4.70. The average molecular weight is 340 g/mol. The van der Waals surface area contributed by atoms with Gasteiger partial charge in [-0.25, -0.2) is 14.4 Å². The quantitative estimate of drug-likeness (QED) is 0.371. The van der Waals surface area contributed by atoms with Crippen LogP contribution in [0.25, 0.3) is 10.9 Å². The zero-order chi connectivity index (χ0) is 16.9. The van der Waals surface area contributed by atoms with Gasteiger partial charge in [0.25, 0.3) is 0 Å². The smallest absolute Gasteiger partial charge is 0.176 e. The molecule has 0 saturated heterocycles. The molecule has 2 aromatic carbocycles. The molecule has 1 heterocycles. The Balaban J connectivity index is 1.86. The number of Topliss-reactive ketones (excluding diaryl/α,β-unsaturated/α-hetero) is 1. The van der Waals surface area contributed by atoms with E-state index >= 15 is 0 Å². The van der Waals surface area contributed by atoms with E-state index < -0.39 is 5.82 Å². The van der Waals surface area contributed by atoms with E-state index in [9.17, 15) is 9.18 Å². The molecule has 0 unspecified atom stereocenters. The fraction of sp³-hybridized carbons (Fsp3) is 0.211. The summed E-state index contributed by atoms with van der Waals surface area (Å²) in [5.41, 5.74) is 0.994. The molecule has 24 heavy (non-hydrogen) atoms. The first-order valence-electron chi connectivity index (χ1n) is 7.85. The van der Waals surface area contributed by atoms with Crippen LogP contribution in [0.15, 0.2) is 53.6 Å². The third kappa shape index (κ3) is 3.62. The molecule has 3 rings (SSSR count). The Labute approximate surface area is 144 Å². The van der Waals surface area contributed by atoms with E-state index in [4.69, 9.17) is 0 Å².